The molecule has 1 aliphatic carbocycles. The van der Waals surface area contributed by atoms with Crippen LogP contribution in [0.5, 0.6) is 0 Å². The van der Waals surface area contributed by atoms with E-state index in [-0.39, 0.29) is 28.1 Å². The van der Waals surface area contributed by atoms with E-state index in [4.69, 9.17) is 29.0 Å². The number of aromatic amines is 1. The van der Waals surface area contributed by atoms with Crippen molar-refractivity contribution >= 4 is 63.8 Å². The summed E-state index contributed by atoms with van der Waals surface area (Å²) >= 11 is 14.0. The zero-order chi connectivity index (χ0) is 28.4. The number of aromatic nitrogens is 2. The Hall–Kier alpha value is -3.30. The minimum atomic E-state index is -0.489. The summed E-state index contributed by atoms with van der Waals surface area (Å²) in [6.07, 6.45) is 2.87. The van der Waals surface area contributed by atoms with Gasteiger partial charge in [-0.25, -0.2) is 15.8 Å². The van der Waals surface area contributed by atoms with Crippen LogP contribution in [0.3, 0.4) is 0 Å². The Labute approximate surface area is 247 Å². The minimum Gasteiger partial charge on any atom is -0.356 e. The number of para-hydroxylation sites is 1. The number of hydrogen-bond acceptors (Lipinski definition) is 6. The van der Waals surface area contributed by atoms with Crippen molar-refractivity contribution < 1.29 is 9.59 Å². The van der Waals surface area contributed by atoms with E-state index in [0.717, 1.165) is 39.8 Å². The number of anilines is 3. The number of thioether (sulfide) groups is 1. The molecule has 4 aromatic rings. The molecule has 0 aliphatic heterocycles. The van der Waals surface area contributed by atoms with Crippen molar-refractivity contribution in [2.24, 2.45) is 11.8 Å². The molecule has 0 saturated heterocycles. The van der Waals surface area contributed by atoms with Gasteiger partial charge in [0.1, 0.15) is 0 Å². The highest BCUT2D eigenvalue weighted by atomic mass is 35.5. The molecule has 0 spiro atoms. The van der Waals surface area contributed by atoms with E-state index in [0.29, 0.717) is 27.9 Å². The van der Waals surface area contributed by atoms with Gasteiger partial charge in [0.15, 0.2) is 11.6 Å². The number of hydrazine groups is 1. The van der Waals surface area contributed by atoms with Gasteiger partial charge in [-0.1, -0.05) is 55.2 Å². The van der Waals surface area contributed by atoms with Gasteiger partial charge >= 0.3 is 0 Å². The number of carbonyl (C=O) groups is 2. The van der Waals surface area contributed by atoms with Gasteiger partial charge < -0.3 is 10.3 Å². The minimum absolute atomic E-state index is 0.112. The number of pyridine rings is 1. The molecule has 5 rings (SSSR count). The van der Waals surface area contributed by atoms with E-state index in [9.17, 15) is 9.59 Å². The van der Waals surface area contributed by atoms with E-state index < -0.39 is 5.91 Å². The van der Waals surface area contributed by atoms with Gasteiger partial charge in [-0.15, -0.1) is 0 Å². The van der Waals surface area contributed by atoms with Crippen molar-refractivity contribution in [3.05, 3.63) is 93.7 Å². The van der Waals surface area contributed by atoms with Gasteiger partial charge in [-0.05, 0) is 65.8 Å². The first-order chi connectivity index (χ1) is 19.2. The number of Topliss-reactive ketones (excluding diaryl/α,β-unsaturated/α-hetero) is 1. The Morgan fingerprint density at radius 3 is 2.62 bits per heavy atom. The van der Waals surface area contributed by atoms with Crippen molar-refractivity contribution in [3.63, 3.8) is 0 Å². The average molecular weight is 595 g/mol. The smallest absolute Gasteiger partial charge is 0.273 e. The van der Waals surface area contributed by atoms with Gasteiger partial charge in [0.2, 0.25) is 0 Å². The summed E-state index contributed by atoms with van der Waals surface area (Å²) < 4.78 is 0. The van der Waals surface area contributed by atoms with E-state index in [1.54, 1.807) is 24.4 Å². The van der Waals surface area contributed by atoms with Gasteiger partial charge in [0.25, 0.3) is 5.91 Å². The Bertz CT molecular complexity index is 1560. The molecule has 2 aromatic carbocycles. The number of nitrogens with one attached hydrogen (secondary N) is 2. The molecule has 1 aliphatic rings. The quantitative estimate of drug-likeness (QED) is 0.111. The highest BCUT2D eigenvalue weighted by Crippen LogP contribution is 2.41. The first kappa shape index (κ1) is 28.2. The number of nitrogens with two attached hydrogens (primary N) is 1. The molecule has 1 unspecified atom stereocenters. The molecule has 2 heterocycles. The number of hydrogen-bond donors (Lipinski definition) is 3. The normalized spacial score (nSPS) is 14.8. The third-order valence-electron chi connectivity index (χ3n) is 6.70. The largest absolute Gasteiger partial charge is 0.356 e. The molecule has 10 heteroatoms. The molecule has 0 fully saturated rings. The van der Waals surface area contributed by atoms with E-state index in [2.05, 4.69) is 29.1 Å². The van der Waals surface area contributed by atoms with Gasteiger partial charge in [-0.3, -0.25) is 9.59 Å². The van der Waals surface area contributed by atoms with Crippen molar-refractivity contribution in [3.8, 4) is 11.3 Å². The predicted molar refractivity (Wildman–Crippen MR) is 165 cm³/mol. The molecular weight excluding hydrogens is 565 g/mol. The Kier molecular flexibility index (Phi) is 8.51. The van der Waals surface area contributed by atoms with Crippen LogP contribution in [-0.2, 0) is 6.42 Å². The summed E-state index contributed by atoms with van der Waals surface area (Å²) in [7, 11) is 0. The van der Waals surface area contributed by atoms with Crippen molar-refractivity contribution in [1.29, 1.82) is 0 Å². The van der Waals surface area contributed by atoms with Gasteiger partial charge in [0, 0.05) is 35.1 Å². The van der Waals surface area contributed by atoms with Crippen molar-refractivity contribution in [1.82, 2.24) is 9.97 Å². The first-order valence-corrected chi connectivity index (χ1v) is 14.7. The maximum absolute atomic E-state index is 13.5. The molecule has 7 nitrogen and oxygen atoms in total. The van der Waals surface area contributed by atoms with E-state index >= 15 is 0 Å². The number of ketones is 1. The highest BCUT2D eigenvalue weighted by molar-refractivity contribution is 7.99. The van der Waals surface area contributed by atoms with Crippen molar-refractivity contribution in [2.45, 2.75) is 31.9 Å². The Morgan fingerprint density at radius 1 is 1.12 bits per heavy atom. The van der Waals surface area contributed by atoms with Crippen LogP contribution in [0, 0.1) is 5.92 Å². The number of H-pyrrole nitrogens is 1. The lowest BCUT2D eigenvalue weighted by Gasteiger charge is -2.22. The Morgan fingerprint density at radius 2 is 1.90 bits per heavy atom. The molecule has 40 heavy (non-hydrogen) atoms. The summed E-state index contributed by atoms with van der Waals surface area (Å²) in [6, 6.07) is 17.8. The highest BCUT2D eigenvalue weighted by Gasteiger charge is 2.32. The maximum atomic E-state index is 13.5. The molecule has 1 amide bonds. The number of halogens is 2. The van der Waals surface area contributed by atoms with Crippen molar-refractivity contribution in [2.75, 3.05) is 16.1 Å². The van der Waals surface area contributed by atoms with Crippen LogP contribution in [0.2, 0.25) is 10.0 Å². The lowest BCUT2D eigenvalue weighted by Crippen LogP contribution is -2.38. The molecule has 206 valence electrons. The molecule has 0 radical (unpaired) electrons. The number of fused-ring (bicyclic) bond motifs is 1. The topological polar surface area (TPSA) is 104 Å². The molecule has 4 N–H and O–H groups in total. The van der Waals surface area contributed by atoms with Crippen LogP contribution >= 0.6 is 35.0 Å². The number of benzene rings is 2. The standard InChI is InChI=1S/C30H29Cl2N5O2S/c1-17(2)40-16-18-12-24-27(25(38)13-18)29(35-21-6-4-3-5-7-21)28(36-24)19-10-11-34-26(15-19)37(33)30(39)20-8-9-22(31)23(32)14-20/h3-11,14-15,17-18,35-36H,12-13,16,33H2,1-2H3. The van der Waals surface area contributed by atoms with Gasteiger partial charge in [-0.2, -0.15) is 11.8 Å². The lowest BCUT2D eigenvalue weighted by atomic mass is 9.87. The first-order valence-electron chi connectivity index (χ1n) is 12.9. The molecular formula is C30H29Cl2N5O2S. The number of nitrogens with zero attached hydrogens (tertiary/aromatic N) is 2. The second-order valence-electron chi connectivity index (χ2n) is 10.0. The molecule has 2 aromatic heterocycles. The van der Waals surface area contributed by atoms with Crippen LogP contribution in [0.4, 0.5) is 17.2 Å². The zero-order valence-corrected chi connectivity index (χ0v) is 24.4. The average Bonchev–Trinajstić information content (AvgIpc) is 3.31. The lowest BCUT2D eigenvalue weighted by molar-refractivity contribution is 0.0953. The van der Waals surface area contributed by atoms with Crippen LogP contribution in [0.25, 0.3) is 11.3 Å². The van der Waals surface area contributed by atoms with E-state index in [1.807, 2.05) is 48.2 Å². The summed E-state index contributed by atoms with van der Waals surface area (Å²) in [5.74, 6) is 7.28. The fourth-order valence-corrected chi connectivity index (χ4v) is 5.96. The Balaban J connectivity index is 1.52. The third kappa shape index (κ3) is 6.05. The fourth-order valence-electron chi connectivity index (χ4n) is 4.77. The molecule has 0 saturated carbocycles. The van der Waals surface area contributed by atoms with Gasteiger partial charge in [0.05, 0.1) is 27.0 Å². The fraction of sp³-hybridized carbons (Fsp3) is 0.233. The third-order valence-corrected chi connectivity index (χ3v) is 8.77. The van der Waals surface area contributed by atoms with Crippen LogP contribution in [0.15, 0.2) is 66.9 Å². The zero-order valence-electron chi connectivity index (χ0n) is 22.1. The number of carbonyl (C=O) groups excluding carboxylic acids is 2. The summed E-state index contributed by atoms with van der Waals surface area (Å²) in [6.45, 7) is 4.34. The summed E-state index contributed by atoms with van der Waals surface area (Å²) in [5.41, 5.74) is 4.91. The second-order valence-corrected chi connectivity index (χ2v) is 12.4. The number of rotatable bonds is 8. The second kappa shape index (κ2) is 12.1. The predicted octanol–water partition coefficient (Wildman–Crippen LogP) is 7.53. The summed E-state index contributed by atoms with van der Waals surface area (Å²) in [5, 5.41) is 5.54. The number of amides is 1. The maximum Gasteiger partial charge on any atom is 0.273 e. The van der Waals surface area contributed by atoms with E-state index in [1.165, 1.54) is 6.07 Å². The SMILES string of the molecule is CC(C)SCC1CC(=O)c2c([nH]c(-c3ccnc(N(N)C(=O)c4ccc(Cl)c(Cl)c4)c3)c2Nc2ccccc2)C1. The molecule has 0 bridgehead atoms. The van der Waals surface area contributed by atoms with Crippen LogP contribution in [-0.4, -0.2) is 32.7 Å². The van der Waals surface area contributed by atoms with Crippen LogP contribution in [0.1, 0.15) is 46.7 Å². The monoisotopic (exact) mass is 593 g/mol. The van der Waals surface area contributed by atoms with Crippen LogP contribution < -0.4 is 16.2 Å². The summed E-state index contributed by atoms with van der Waals surface area (Å²) in [4.78, 5) is 34.5. The molecule has 1 atom stereocenters.